The van der Waals surface area contributed by atoms with Gasteiger partial charge in [-0.05, 0) is 32.9 Å². The molecule has 0 aliphatic carbocycles. The Hall–Kier alpha value is -0.940. The minimum Gasteiger partial charge on any atom is -0.384 e. The fraction of sp³-hybridized carbons (Fsp3) is 0.818. The fourth-order valence-corrected chi connectivity index (χ4v) is 2.32. The Kier molecular flexibility index (Phi) is 3.90. The number of aromatic nitrogens is 3. The molecular formula is C11H20N4O. The first-order chi connectivity index (χ1) is 7.83. The zero-order valence-corrected chi connectivity index (χ0v) is 10.1. The first-order valence-corrected chi connectivity index (χ1v) is 5.93. The number of ether oxygens (including phenoxy) is 1. The quantitative estimate of drug-likeness (QED) is 0.818. The Morgan fingerprint density at radius 2 is 2.12 bits per heavy atom. The van der Waals surface area contributed by atoms with E-state index in [1.165, 1.54) is 12.8 Å². The molecule has 1 aromatic heterocycles. The molecule has 0 atom stereocenters. The van der Waals surface area contributed by atoms with Gasteiger partial charge in [0.25, 0.3) is 0 Å². The van der Waals surface area contributed by atoms with Crippen LogP contribution in [0.5, 0.6) is 0 Å². The first kappa shape index (κ1) is 11.5. The van der Waals surface area contributed by atoms with E-state index in [1.807, 2.05) is 6.92 Å². The van der Waals surface area contributed by atoms with Gasteiger partial charge in [-0.2, -0.15) is 0 Å². The molecule has 0 unspecified atom stereocenters. The Balaban J connectivity index is 2.13. The predicted molar refractivity (Wildman–Crippen MR) is 61.5 cm³/mol. The standard InChI is InChI=1S/C11H20N4O/c1-9-13-14-11(5-8-16-2)15(9)10-3-6-12-7-4-10/h10,12H,3-8H2,1-2H3. The summed E-state index contributed by atoms with van der Waals surface area (Å²) in [6.45, 7) is 4.92. The number of aryl methyl sites for hydroxylation is 1. The second kappa shape index (κ2) is 5.41. The van der Waals surface area contributed by atoms with Crippen LogP contribution in [0, 0.1) is 6.92 Å². The topological polar surface area (TPSA) is 52.0 Å². The summed E-state index contributed by atoms with van der Waals surface area (Å²) >= 11 is 0. The molecule has 1 aromatic rings. The van der Waals surface area contributed by atoms with Gasteiger partial charge in [-0.15, -0.1) is 10.2 Å². The maximum Gasteiger partial charge on any atom is 0.135 e. The van der Waals surface area contributed by atoms with Crippen molar-refractivity contribution in [2.75, 3.05) is 26.8 Å². The normalized spacial score (nSPS) is 17.9. The van der Waals surface area contributed by atoms with Crippen molar-refractivity contribution in [1.82, 2.24) is 20.1 Å². The van der Waals surface area contributed by atoms with Crippen LogP contribution in [0.4, 0.5) is 0 Å². The molecule has 1 aliphatic rings. The number of nitrogens with one attached hydrogen (secondary N) is 1. The molecular weight excluding hydrogens is 204 g/mol. The number of piperidine rings is 1. The summed E-state index contributed by atoms with van der Waals surface area (Å²) in [6, 6.07) is 0.558. The van der Waals surface area contributed by atoms with Crippen LogP contribution in [0.15, 0.2) is 0 Å². The Bertz CT molecular complexity index is 331. The van der Waals surface area contributed by atoms with Gasteiger partial charge in [-0.1, -0.05) is 0 Å². The Morgan fingerprint density at radius 1 is 1.38 bits per heavy atom. The highest BCUT2D eigenvalue weighted by Gasteiger charge is 2.20. The molecule has 5 nitrogen and oxygen atoms in total. The number of methoxy groups -OCH3 is 1. The van der Waals surface area contributed by atoms with Crippen molar-refractivity contribution in [2.45, 2.75) is 32.2 Å². The second-order valence-corrected chi connectivity index (χ2v) is 4.26. The van der Waals surface area contributed by atoms with Gasteiger partial charge < -0.3 is 14.6 Å². The van der Waals surface area contributed by atoms with Crippen LogP contribution in [0.3, 0.4) is 0 Å². The van der Waals surface area contributed by atoms with Crippen LogP contribution in [-0.4, -0.2) is 41.6 Å². The number of hydrogen-bond donors (Lipinski definition) is 1. The summed E-state index contributed by atoms with van der Waals surface area (Å²) in [5.41, 5.74) is 0. The van der Waals surface area contributed by atoms with E-state index in [0.29, 0.717) is 12.6 Å². The summed E-state index contributed by atoms with van der Waals surface area (Å²) in [5.74, 6) is 2.09. The molecule has 0 amide bonds. The Labute approximate surface area is 96.2 Å². The van der Waals surface area contributed by atoms with Crippen LogP contribution >= 0.6 is 0 Å². The van der Waals surface area contributed by atoms with Gasteiger partial charge in [0.1, 0.15) is 11.6 Å². The van der Waals surface area contributed by atoms with E-state index < -0.39 is 0 Å². The molecule has 0 saturated carbocycles. The van der Waals surface area contributed by atoms with Gasteiger partial charge in [-0.25, -0.2) is 0 Å². The maximum atomic E-state index is 5.10. The highest BCUT2D eigenvalue weighted by Crippen LogP contribution is 2.21. The third-order valence-corrected chi connectivity index (χ3v) is 3.14. The second-order valence-electron chi connectivity index (χ2n) is 4.26. The molecule has 1 saturated heterocycles. The van der Waals surface area contributed by atoms with Crippen LogP contribution in [0.2, 0.25) is 0 Å². The van der Waals surface area contributed by atoms with Crippen molar-refractivity contribution in [3.8, 4) is 0 Å². The summed E-state index contributed by atoms with van der Waals surface area (Å²) in [7, 11) is 1.72. The zero-order valence-electron chi connectivity index (χ0n) is 10.1. The SMILES string of the molecule is COCCc1nnc(C)n1C1CCNCC1. The molecule has 0 spiro atoms. The van der Waals surface area contributed by atoms with Gasteiger partial charge in [0, 0.05) is 19.6 Å². The van der Waals surface area contributed by atoms with Crippen molar-refractivity contribution < 1.29 is 4.74 Å². The molecule has 1 fully saturated rings. The van der Waals surface area contributed by atoms with Gasteiger partial charge in [0.05, 0.1) is 6.61 Å². The lowest BCUT2D eigenvalue weighted by Crippen LogP contribution is -2.30. The highest BCUT2D eigenvalue weighted by molar-refractivity contribution is 4.98. The third kappa shape index (κ3) is 2.41. The zero-order chi connectivity index (χ0) is 11.4. The molecule has 0 aromatic carbocycles. The van der Waals surface area contributed by atoms with Gasteiger partial charge in [0.2, 0.25) is 0 Å². The number of hydrogen-bond acceptors (Lipinski definition) is 4. The van der Waals surface area contributed by atoms with E-state index in [9.17, 15) is 0 Å². The van der Waals surface area contributed by atoms with Crippen LogP contribution in [0.1, 0.15) is 30.5 Å². The van der Waals surface area contributed by atoms with Crippen LogP contribution < -0.4 is 5.32 Å². The van der Waals surface area contributed by atoms with E-state index in [-0.39, 0.29) is 0 Å². The van der Waals surface area contributed by atoms with Crippen LogP contribution in [0.25, 0.3) is 0 Å². The number of nitrogens with zero attached hydrogens (tertiary/aromatic N) is 3. The monoisotopic (exact) mass is 224 g/mol. The lowest BCUT2D eigenvalue weighted by molar-refractivity contribution is 0.198. The fourth-order valence-electron chi connectivity index (χ4n) is 2.32. The van der Waals surface area contributed by atoms with Crippen molar-refractivity contribution in [1.29, 1.82) is 0 Å². The minimum absolute atomic E-state index is 0.558. The minimum atomic E-state index is 0.558. The van der Waals surface area contributed by atoms with E-state index in [1.54, 1.807) is 7.11 Å². The lowest BCUT2D eigenvalue weighted by atomic mass is 10.1. The smallest absolute Gasteiger partial charge is 0.135 e. The largest absolute Gasteiger partial charge is 0.384 e. The third-order valence-electron chi connectivity index (χ3n) is 3.14. The lowest BCUT2D eigenvalue weighted by Gasteiger charge is -2.26. The van der Waals surface area contributed by atoms with Gasteiger partial charge in [0.15, 0.2) is 0 Å². The van der Waals surface area contributed by atoms with Crippen molar-refractivity contribution in [3.05, 3.63) is 11.6 Å². The average molecular weight is 224 g/mol. The number of rotatable bonds is 4. The summed E-state index contributed by atoms with van der Waals surface area (Å²) in [4.78, 5) is 0. The summed E-state index contributed by atoms with van der Waals surface area (Å²) < 4.78 is 7.40. The predicted octanol–water partition coefficient (Wildman–Crippen LogP) is 0.700. The van der Waals surface area contributed by atoms with Crippen LogP contribution in [-0.2, 0) is 11.2 Å². The summed E-state index contributed by atoms with van der Waals surface area (Å²) in [6.07, 6.45) is 3.18. The molecule has 2 rings (SSSR count). The van der Waals surface area contributed by atoms with Crippen molar-refractivity contribution in [3.63, 3.8) is 0 Å². The van der Waals surface area contributed by atoms with Gasteiger partial charge >= 0.3 is 0 Å². The van der Waals surface area contributed by atoms with E-state index in [4.69, 9.17) is 4.74 Å². The summed E-state index contributed by atoms with van der Waals surface area (Å²) in [5, 5.41) is 11.8. The molecule has 2 heterocycles. The van der Waals surface area contributed by atoms with Crippen molar-refractivity contribution >= 4 is 0 Å². The molecule has 1 N–H and O–H groups in total. The maximum absolute atomic E-state index is 5.10. The van der Waals surface area contributed by atoms with E-state index in [0.717, 1.165) is 31.2 Å². The first-order valence-electron chi connectivity index (χ1n) is 5.93. The van der Waals surface area contributed by atoms with E-state index >= 15 is 0 Å². The Morgan fingerprint density at radius 3 is 2.81 bits per heavy atom. The molecule has 0 radical (unpaired) electrons. The molecule has 1 aliphatic heterocycles. The molecule has 16 heavy (non-hydrogen) atoms. The van der Waals surface area contributed by atoms with E-state index in [2.05, 4.69) is 20.1 Å². The van der Waals surface area contributed by atoms with Crippen molar-refractivity contribution in [2.24, 2.45) is 0 Å². The molecule has 5 heteroatoms. The molecule has 0 bridgehead atoms. The van der Waals surface area contributed by atoms with Gasteiger partial charge in [-0.3, -0.25) is 0 Å². The highest BCUT2D eigenvalue weighted by atomic mass is 16.5. The average Bonchev–Trinajstić information content (AvgIpc) is 2.69. The molecule has 90 valence electrons.